The van der Waals surface area contributed by atoms with Crippen LogP contribution in [0, 0.1) is 11.3 Å². The molecule has 0 saturated carbocycles. The van der Waals surface area contributed by atoms with Crippen LogP contribution in [0.3, 0.4) is 0 Å². The number of nitrogens with zero attached hydrogens (tertiary/aromatic N) is 2. The van der Waals surface area contributed by atoms with Crippen molar-refractivity contribution in [2.45, 2.75) is 45.6 Å². The number of guanidine groups is 1. The Bertz CT molecular complexity index is 940. The summed E-state index contributed by atoms with van der Waals surface area (Å²) in [7, 11) is -3.61. The van der Waals surface area contributed by atoms with Gasteiger partial charge >= 0.3 is 0 Å². The number of primary amides is 1. The lowest BCUT2D eigenvalue weighted by atomic mass is 10.1. The molecule has 0 bridgehead atoms. The molecule has 1 aromatic heterocycles. The molecule has 0 aromatic carbocycles. The molecule has 180 valence electrons. The van der Waals surface area contributed by atoms with Crippen LogP contribution >= 0.6 is 11.6 Å². The summed E-state index contributed by atoms with van der Waals surface area (Å²) in [5, 5.41) is 12.6. The third-order valence-corrected chi connectivity index (χ3v) is 6.00. The number of hydrogen-bond donors (Lipinski definition) is 7. The zero-order valence-corrected chi connectivity index (χ0v) is 19.5. The second-order valence-corrected chi connectivity index (χ2v) is 9.60. The molecule has 0 fully saturated rings. The molecule has 0 radical (unpaired) electrons. The minimum atomic E-state index is -3.61. The minimum absolute atomic E-state index is 0.106. The Morgan fingerprint density at radius 2 is 1.72 bits per heavy atom. The normalized spacial score (nSPS) is 12.4. The molecule has 0 aliphatic carbocycles. The first kappa shape index (κ1) is 27.3. The number of unbranched alkanes of at least 4 members (excludes halogenated alkanes) is 3. The summed E-state index contributed by atoms with van der Waals surface area (Å²) in [4.78, 5) is 30.9. The van der Waals surface area contributed by atoms with Crippen molar-refractivity contribution in [2.75, 3.05) is 23.8 Å². The zero-order valence-electron chi connectivity index (χ0n) is 17.9. The van der Waals surface area contributed by atoms with Gasteiger partial charge in [-0.2, -0.15) is 0 Å². The number of aromatic nitrogens is 2. The molecule has 0 aliphatic heterocycles. The average molecular weight is 492 g/mol. The molecule has 0 spiro atoms. The summed E-state index contributed by atoms with van der Waals surface area (Å²) < 4.78 is 26.5. The van der Waals surface area contributed by atoms with Crippen LogP contribution < -0.4 is 32.6 Å². The Hall–Kier alpha value is -2.71. The standard InChI is InChI=1S/C17H30ClN9O4S/c1-9(2)10(15(21)28)27-32(30,31)8-6-4-3-5-7-23-17(22)26-16(29)11-13(19)25-14(20)12(18)24-11/h9-10,27H,3-8H2,1-2H3,(H2,21,28)(H4,19,20,25)(H3,22,23,26,29)/t10-/m0/s1. The van der Waals surface area contributed by atoms with Crippen molar-refractivity contribution < 1.29 is 18.0 Å². The van der Waals surface area contributed by atoms with Crippen molar-refractivity contribution >= 4 is 51.0 Å². The van der Waals surface area contributed by atoms with Gasteiger partial charge in [0.05, 0.1) is 5.75 Å². The first-order valence-corrected chi connectivity index (χ1v) is 11.9. The van der Waals surface area contributed by atoms with Crippen molar-refractivity contribution in [1.82, 2.24) is 25.3 Å². The Morgan fingerprint density at radius 3 is 2.31 bits per heavy atom. The van der Waals surface area contributed by atoms with Gasteiger partial charge in [0.1, 0.15) is 6.04 Å². The molecular formula is C17H30ClN9O4S. The Labute approximate surface area is 191 Å². The first-order chi connectivity index (χ1) is 14.8. The number of carbonyl (C=O) groups is 2. The van der Waals surface area contributed by atoms with E-state index >= 15 is 0 Å². The van der Waals surface area contributed by atoms with Crippen LogP contribution in [0.25, 0.3) is 0 Å². The van der Waals surface area contributed by atoms with Gasteiger partial charge in [-0.1, -0.05) is 38.3 Å². The van der Waals surface area contributed by atoms with Crippen molar-refractivity contribution in [3.8, 4) is 0 Å². The van der Waals surface area contributed by atoms with Crippen LogP contribution in [0.4, 0.5) is 11.6 Å². The smallest absolute Gasteiger partial charge is 0.280 e. The van der Waals surface area contributed by atoms with Gasteiger partial charge in [-0.05, 0) is 18.8 Å². The second kappa shape index (κ2) is 12.4. The van der Waals surface area contributed by atoms with Gasteiger partial charge in [0.2, 0.25) is 15.9 Å². The van der Waals surface area contributed by atoms with Gasteiger partial charge in [-0.25, -0.2) is 23.1 Å². The summed E-state index contributed by atoms with van der Waals surface area (Å²) in [5.74, 6) is -2.41. The predicted octanol–water partition coefficient (Wildman–Crippen LogP) is -0.462. The molecule has 15 heteroatoms. The number of amides is 2. The maximum atomic E-state index is 12.1. The van der Waals surface area contributed by atoms with Crippen molar-refractivity contribution in [3.05, 3.63) is 10.8 Å². The monoisotopic (exact) mass is 491 g/mol. The van der Waals surface area contributed by atoms with Gasteiger partial charge in [0, 0.05) is 6.54 Å². The first-order valence-electron chi connectivity index (χ1n) is 9.85. The van der Waals surface area contributed by atoms with E-state index in [4.69, 9.17) is 34.2 Å². The van der Waals surface area contributed by atoms with E-state index in [-0.39, 0.29) is 40.1 Å². The van der Waals surface area contributed by atoms with E-state index < -0.39 is 27.9 Å². The maximum Gasteiger partial charge on any atom is 0.280 e. The van der Waals surface area contributed by atoms with Gasteiger partial charge in [0.15, 0.2) is 28.4 Å². The van der Waals surface area contributed by atoms with Crippen LogP contribution in [0.5, 0.6) is 0 Å². The van der Waals surface area contributed by atoms with Gasteiger partial charge < -0.3 is 22.5 Å². The second-order valence-electron chi connectivity index (χ2n) is 7.36. The van der Waals surface area contributed by atoms with Crippen LogP contribution in [0.2, 0.25) is 5.15 Å². The van der Waals surface area contributed by atoms with E-state index in [0.29, 0.717) is 32.2 Å². The summed E-state index contributed by atoms with van der Waals surface area (Å²) in [5.41, 5.74) is 16.0. The van der Waals surface area contributed by atoms with Crippen LogP contribution in [-0.2, 0) is 14.8 Å². The third kappa shape index (κ3) is 9.20. The molecule has 0 aliphatic rings. The maximum absolute atomic E-state index is 12.1. The highest BCUT2D eigenvalue weighted by Crippen LogP contribution is 2.17. The Kier molecular flexibility index (Phi) is 10.6. The number of sulfonamides is 1. The van der Waals surface area contributed by atoms with E-state index in [9.17, 15) is 18.0 Å². The molecule has 13 nitrogen and oxygen atoms in total. The van der Waals surface area contributed by atoms with Gasteiger partial charge in [-0.15, -0.1) is 0 Å². The number of nitrogen functional groups attached to an aromatic ring is 2. The highest BCUT2D eigenvalue weighted by molar-refractivity contribution is 7.89. The third-order valence-electron chi connectivity index (χ3n) is 4.28. The molecule has 1 rings (SSSR count). The van der Waals surface area contributed by atoms with Gasteiger partial charge in [-0.3, -0.25) is 20.3 Å². The lowest BCUT2D eigenvalue weighted by Gasteiger charge is -2.18. The molecule has 0 unspecified atom stereocenters. The Balaban J connectivity index is 2.29. The molecule has 32 heavy (non-hydrogen) atoms. The van der Waals surface area contributed by atoms with Gasteiger partial charge in [0.25, 0.3) is 5.91 Å². The van der Waals surface area contributed by atoms with E-state index in [1.54, 1.807) is 13.8 Å². The largest absolute Gasteiger partial charge is 0.382 e. The number of halogens is 1. The molecular weight excluding hydrogens is 462 g/mol. The number of nitrogens with two attached hydrogens (primary N) is 3. The molecule has 1 aromatic rings. The van der Waals surface area contributed by atoms with Crippen LogP contribution in [0.1, 0.15) is 50.0 Å². The van der Waals surface area contributed by atoms with Crippen molar-refractivity contribution in [1.29, 1.82) is 5.41 Å². The fourth-order valence-corrected chi connectivity index (χ4v) is 4.19. The van der Waals surface area contributed by atoms with E-state index in [0.717, 1.165) is 0 Å². The van der Waals surface area contributed by atoms with Crippen molar-refractivity contribution in [2.24, 2.45) is 11.7 Å². The summed E-state index contributed by atoms with van der Waals surface area (Å²) >= 11 is 5.73. The van der Waals surface area contributed by atoms with E-state index in [1.165, 1.54) is 0 Å². The minimum Gasteiger partial charge on any atom is -0.382 e. The molecule has 10 N–H and O–H groups in total. The van der Waals surface area contributed by atoms with Crippen LogP contribution in [-0.4, -0.2) is 54.5 Å². The number of hydrogen-bond acceptors (Lipinski definition) is 9. The fourth-order valence-electron chi connectivity index (χ4n) is 2.58. The number of carbonyl (C=O) groups excluding carboxylic acids is 2. The molecule has 1 atom stereocenters. The summed E-state index contributed by atoms with van der Waals surface area (Å²) in [6.45, 7) is 3.79. The molecule has 2 amide bonds. The zero-order chi connectivity index (χ0) is 24.5. The predicted molar refractivity (Wildman–Crippen MR) is 122 cm³/mol. The quantitative estimate of drug-likeness (QED) is 0.113. The Morgan fingerprint density at radius 1 is 1.09 bits per heavy atom. The SMILES string of the molecule is CC(C)[C@H](NS(=O)(=O)CCCCCCNC(=N)NC(=O)c1nc(Cl)c(N)nc1N)C(N)=O. The molecule has 1 heterocycles. The topological polar surface area (TPSA) is 232 Å². The lowest BCUT2D eigenvalue weighted by Crippen LogP contribution is -2.48. The highest BCUT2D eigenvalue weighted by Gasteiger charge is 2.25. The average Bonchev–Trinajstić information content (AvgIpc) is 2.67. The number of nitrogens with one attached hydrogen (secondary N) is 4. The molecule has 0 saturated heterocycles. The fraction of sp³-hybridized carbons (Fsp3) is 0.588. The van der Waals surface area contributed by atoms with E-state index in [2.05, 4.69) is 25.3 Å². The van der Waals surface area contributed by atoms with Crippen molar-refractivity contribution in [3.63, 3.8) is 0 Å². The van der Waals surface area contributed by atoms with E-state index in [1.807, 2.05) is 0 Å². The highest BCUT2D eigenvalue weighted by atomic mass is 35.5. The summed E-state index contributed by atoms with van der Waals surface area (Å²) in [6, 6.07) is -0.934. The number of anilines is 2. The summed E-state index contributed by atoms with van der Waals surface area (Å²) in [6.07, 6.45) is 2.36. The van der Waals surface area contributed by atoms with Crippen LogP contribution in [0.15, 0.2) is 0 Å². The lowest BCUT2D eigenvalue weighted by molar-refractivity contribution is -0.120. The number of rotatable bonds is 12.